The van der Waals surface area contributed by atoms with E-state index in [2.05, 4.69) is 17.2 Å². The molecule has 2 heterocycles. The molecule has 0 radical (unpaired) electrons. The minimum Gasteiger partial charge on any atom is -0.384 e. The molecule has 0 aromatic carbocycles. The highest BCUT2D eigenvalue weighted by Gasteiger charge is 2.22. The Labute approximate surface area is 76.8 Å². The molecule has 0 unspecified atom stereocenters. The number of anilines is 2. The predicted octanol–water partition coefficient (Wildman–Crippen LogP) is 0.901. The quantitative estimate of drug-likeness (QED) is 0.553. The van der Waals surface area contributed by atoms with Crippen LogP contribution in [-0.2, 0) is 0 Å². The van der Waals surface area contributed by atoms with Gasteiger partial charge in [0.05, 0.1) is 0 Å². The molecule has 4 heteroatoms. The van der Waals surface area contributed by atoms with E-state index in [0.717, 1.165) is 12.0 Å². The topological polar surface area (TPSA) is 71.2 Å². The van der Waals surface area contributed by atoms with Crippen molar-refractivity contribution in [3.8, 4) is 0 Å². The molecule has 13 heavy (non-hydrogen) atoms. The van der Waals surface area contributed by atoms with Crippen LogP contribution in [0.3, 0.4) is 0 Å². The van der Waals surface area contributed by atoms with Crippen molar-refractivity contribution >= 4 is 11.6 Å². The Balaban J connectivity index is 2.43. The second-order valence-electron chi connectivity index (χ2n) is 3.47. The smallest absolute Gasteiger partial charge is 0.133 e. The van der Waals surface area contributed by atoms with Crippen LogP contribution in [0.5, 0.6) is 0 Å². The largest absolute Gasteiger partial charge is 0.384 e. The lowest BCUT2D eigenvalue weighted by Crippen LogP contribution is -2.27. The Morgan fingerprint density at radius 2 is 2.38 bits per heavy atom. The van der Waals surface area contributed by atoms with Gasteiger partial charge in [-0.15, -0.1) is 0 Å². The molecule has 0 saturated carbocycles. The van der Waals surface area contributed by atoms with Crippen molar-refractivity contribution in [3.05, 3.63) is 17.7 Å². The lowest BCUT2D eigenvalue weighted by Gasteiger charge is -2.27. The number of aliphatic hydroxyl groups is 1. The summed E-state index contributed by atoms with van der Waals surface area (Å²) in [4.78, 5) is 4.12. The first kappa shape index (κ1) is 8.31. The normalized spacial score (nSPS) is 26.3. The molecule has 1 aromatic rings. The molecule has 1 aliphatic heterocycles. The summed E-state index contributed by atoms with van der Waals surface area (Å²) in [6.45, 7) is 2.07. The van der Waals surface area contributed by atoms with Crippen molar-refractivity contribution in [1.82, 2.24) is 4.98 Å². The second kappa shape index (κ2) is 2.88. The van der Waals surface area contributed by atoms with Gasteiger partial charge in [0, 0.05) is 0 Å². The Morgan fingerprint density at radius 3 is 3.15 bits per heavy atom. The van der Waals surface area contributed by atoms with Gasteiger partial charge < -0.3 is 16.2 Å². The molecule has 0 bridgehead atoms. The number of aliphatic hydroxyl groups excluding tert-OH is 1. The number of hydrogen-bond acceptors (Lipinski definition) is 4. The third-order valence-corrected chi connectivity index (χ3v) is 2.36. The van der Waals surface area contributed by atoms with E-state index >= 15 is 0 Å². The van der Waals surface area contributed by atoms with Crippen molar-refractivity contribution in [2.24, 2.45) is 0 Å². The van der Waals surface area contributed by atoms with Crippen molar-refractivity contribution in [1.29, 1.82) is 0 Å². The minimum absolute atomic E-state index is 0.333. The highest BCUT2D eigenvalue weighted by Crippen LogP contribution is 2.32. The van der Waals surface area contributed by atoms with Crippen molar-refractivity contribution in [2.45, 2.75) is 25.5 Å². The highest BCUT2D eigenvalue weighted by molar-refractivity contribution is 5.53. The summed E-state index contributed by atoms with van der Waals surface area (Å²) in [6.07, 6.45) is 0.218. The number of hydrogen-bond donors (Lipinski definition) is 3. The van der Waals surface area contributed by atoms with Crippen LogP contribution in [-0.4, -0.2) is 16.3 Å². The average Bonchev–Trinajstić information content (AvgIpc) is 2.02. The minimum atomic E-state index is -0.503. The highest BCUT2D eigenvalue weighted by atomic mass is 16.3. The predicted molar refractivity (Wildman–Crippen MR) is 51.3 cm³/mol. The molecule has 4 N–H and O–H groups in total. The van der Waals surface area contributed by atoms with Crippen molar-refractivity contribution < 1.29 is 5.11 Å². The van der Waals surface area contributed by atoms with Gasteiger partial charge in [0.2, 0.25) is 0 Å². The molecule has 2 rings (SSSR count). The van der Waals surface area contributed by atoms with E-state index < -0.39 is 6.23 Å². The average molecular weight is 179 g/mol. The third-order valence-electron chi connectivity index (χ3n) is 2.36. The second-order valence-corrected chi connectivity index (χ2v) is 3.47. The molecule has 0 fully saturated rings. The zero-order valence-electron chi connectivity index (χ0n) is 7.49. The van der Waals surface area contributed by atoms with E-state index in [1.54, 1.807) is 6.07 Å². The molecule has 70 valence electrons. The van der Waals surface area contributed by atoms with Gasteiger partial charge >= 0.3 is 0 Å². The van der Waals surface area contributed by atoms with E-state index in [4.69, 9.17) is 5.73 Å². The summed E-state index contributed by atoms with van der Waals surface area (Å²) in [6, 6.07) is 3.75. The lowest BCUT2D eigenvalue weighted by atomic mass is 9.94. The van der Waals surface area contributed by atoms with E-state index in [1.807, 2.05) is 6.07 Å². The van der Waals surface area contributed by atoms with Crippen molar-refractivity contribution in [3.63, 3.8) is 0 Å². The molecule has 0 spiro atoms. The molecular weight excluding hydrogens is 166 g/mol. The molecule has 0 aliphatic carbocycles. The monoisotopic (exact) mass is 179 g/mol. The van der Waals surface area contributed by atoms with Gasteiger partial charge in [-0.3, -0.25) is 0 Å². The van der Waals surface area contributed by atoms with Gasteiger partial charge in [0.15, 0.2) is 0 Å². The van der Waals surface area contributed by atoms with Crippen molar-refractivity contribution in [2.75, 3.05) is 11.1 Å². The Hall–Kier alpha value is -1.29. The lowest BCUT2D eigenvalue weighted by molar-refractivity contribution is 0.179. The maximum absolute atomic E-state index is 9.43. The van der Waals surface area contributed by atoms with Crippen LogP contribution in [0.4, 0.5) is 11.6 Å². The van der Waals surface area contributed by atoms with Gasteiger partial charge in [-0.05, 0) is 24.0 Å². The fraction of sp³-hybridized carbons (Fsp3) is 0.444. The summed E-state index contributed by atoms with van der Waals surface area (Å²) < 4.78 is 0. The molecule has 1 aliphatic rings. The maximum atomic E-state index is 9.43. The van der Waals surface area contributed by atoms with Crippen LogP contribution in [0.2, 0.25) is 0 Å². The number of nitrogens with zero attached hydrogens (tertiary/aromatic N) is 1. The third kappa shape index (κ3) is 1.45. The SMILES string of the molecule is C[C@H]1C[C@H](O)Nc2nc(N)ccc21. The molecule has 0 amide bonds. The van der Waals surface area contributed by atoms with E-state index in [0.29, 0.717) is 17.6 Å². The van der Waals surface area contributed by atoms with Crippen LogP contribution in [0.15, 0.2) is 12.1 Å². The van der Waals surface area contributed by atoms with Crippen LogP contribution in [0, 0.1) is 0 Å². The first-order chi connectivity index (χ1) is 6.16. The van der Waals surface area contributed by atoms with E-state index in [-0.39, 0.29) is 0 Å². The fourth-order valence-corrected chi connectivity index (χ4v) is 1.68. The summed E-state index contributed by atoms with van der Waals surface area (Å²) in [7, 11) is 0. The van der Waals surface area contributed by atoms with Crippen LogP contribution in [0.1, 0.15) is 24.8 Å². The molecule has 1 aromatic heterocycles. The van der Waals surface area contributed by atoms with Gasteiger partial charge in [-0.25, -0.2) is 4.98 Å². The number of fused-ring (bicyclic) bond motifs is 1. The first-order valence-corrected chi connectivity index (χ1v) is 4.38. The zero-order chi connectivity index (χ0) is 9.42. The van der Waals surface area contributed by atoms with Gasteiger partial charge in [-0.2, -0.15) is 0 Å². The molecule has 4 nitrogen and oxygen atoms in total. The Bertz CT molecular complexity index is 327. The summed E-state index contributed by atoms with van der Waals surface area (Å²) in [5, 5.41) is 12.3. The first-order valence-electron chi connectivity index (χ1n) is 4.38. The van der Waals surface area contributed by atoms with E-state index in [9.17, 15) is 5.11 Å². The van der Waals surface area contributed by atoms with Crippen LogP contribution >= 0.6 is 0 Å². The molecule has 0 saturated heterocycles. The number of nitrogens with one attached hydrogen (secondary N) is 1. The summed E-state index contributed by atoms with van der Waals surface area (Å²) in [5.74, 6) is 1.53. The summed E-state index contributed by atoms with van der Waals surface area (Å²) in [5.41, 5.74) is 6.66. The fourth-order valence-electron chi connectivity index (χ4n) is 1.68. The molecular formula is C9H13N3O. The Kier molecular flexibility index (Phi) is 1.84. The number of nitrogen functional groups attached to an aromatic ring is 1. The van der Waals surface area contributed by atoms with Crippen LogP contribution < -0.4 is 11.1 Å². The van der Waals surface area contributed by atoms with Gasteiger partial charge in [0.25, 0.3) is 0 Å². The van der Waals surface area contributed by atoms with Crippen LogP contribution in [0.25, 0.3) is 0 Å². The number of nitrogens with two attached hydrogens (primary N) is 1. The molecule has 2 atom stereocenters. The summed E-state index contributed by atoms with van der Waals surface area (Å²) >= 11 is 0. The number of aromatic nitrogens is 1. The number of pyridine rings is 1. The van der Waals surface area contributed by atoms with Gasteiger partial charge in [-0.1, -0.05) is 13.0 Å². The number of rotatable bonds is 0. The Morgan fingerprint density at radius 1 is 1.62 bits per heavy atom. The standard InChI is InChI=1S/C9H13N3O/c1-5-4-8(13)12-9-6(5)2-3-7(10)11-9/h2-3,5,8,13H,4H2,1H3,(H3,10,11,12)/t5-,8-/m0/s1. The zero-order valence-corrected chi connectivity index (χ0v) is 7.49. The maximum Gasteiger partial charge on any atom is 0.133 e. The van der Waals surface area contributed by atoms with E-state index in [1.165, 1.54) is 0 Å². The van der Waals surface area contributed by atoms with Gasteiger partial charge in [0.1, 0.15) is 17.9 Å².